The summed E-state index contributed by atoms with van der Waals surface area (Å²) in [7, 11) is 0. The molecule has 0 saturated heterocycles. The Morgan fingerprint density at radius 2 is 1.33 bits per heavy atom. The normalized spacial score (nSPS) is 26.0. The van der Waals surface area contributed by atoms with E-state index in [1.165, 1.54) is 0 Å². The van der Waals surface area contributed by atoms with Crippen molar-refractivity contribution in [3.05, 3.63) is 11.4 Å². The van der Waals surface area contributed by atoms with Crippen molar-refractivity contribution in [3.63, 3.8) is 0 Å². The Balaban J connectivity index is 3.12. The van der Waals surface area contributed by atoms with E-state index in [-0.39, 0.29) is 0 Å². The molecule has 0 atom stereocenters. The van der Waals surface area contributed by atoms with Crippen LogP contribution < -0.4 is 0 Å². The zero-order valence-electron chi connectivity index (χ0n) is 5.22. The number of alkyl halides is 6. The summed E-state index contributed by atoms with van der Waals surface area (Å²) in [6.07, 6.45) is -3.89. The van der Waals surface area contributed by atoms with Crippen molar-refractivity contribution < 1.29 is 30.7 Å². The molecule has 0 nitrogen and oxygen atoms in total. The molecule has 0 fully saturated rings. The van der Waals surface area contributed by atoms with Gasteiger partial charge in [0.15, 0.2) is 5.83 Å². The summed E-state index contributed by atoms with van der Waals surface area (Å²) in [4.78, 5) is 0. The van der Waals surface area contributed by atoms with Gasteiger partial charge in [-0.05, 0) is 0 Å². The minimum absolute atomic E-state index is 2.41. The first kappa shape index (κ1) is 9.34. The summed E-state index contributed by atoms with van der Waals surface area (Å²) in [6.45, 7) is 0. The average Bonchev–Trinajstić information content (AvgIpc) is 1.85. The van der Waals surface area contributed by atoms with Gasteiger partial charge in [0.1, 0.15) is 5.57 Å². The molecule has 0 bridgehead atoms. The summed E-state index contributed by atoms with van der Waals surface area (Å²) >= 11 is 0. The van der Waals surface area contributed by atoms with Crippen LogP contribution in [0.15, 0.2) is 11.4 Å². The monoisotopic (exact) mass is 194 g/mol. The number of halogens is 7. The van der Waals surface area contributed by atoms with E-state index in [1.54, 1.807) is 0 Å². The molecule has 0 aromatic heterocycles. The predicted octanol–water partition coefficient (Wildman–Crippen LogP) is 2.76. The Kier molecular flexibility index (Phi) is 1.66. The Morgan fingerprint density at radius 3 is 1.50 bits per heavy atom. The van der Waals surface area contributed by atoms with Gasteiger partial charge in [-0.25, -0.2) is 13.2 Å². The minimum atomic E-state index is -5.07. The van der Waals surface area contributed by atoms with Gasteiger partial charge < -0.3 is 0 Å². The van der Waals surface area contributed by atoms with Crippen molar-refractivity contribution in [2.45, 2.75) is 18.3 Å². The first-order chi connectivity index (χ1) is 5.23. The second-order valence-electron chi connectivity index (χ2n) is 2.18. The van der Waals surface area contributed by atoms with E-state index in [2.05, 4.69) is 0 Å². The zero-order valence-corrected chi connectivity index (χ0v) is 5.22. The van der Waals surface area contributed by atoms with Gasteiger partial charge in [-0.3, -0.25) is 0 Å². The van der Waals surface area contributed by atoms with Gasteiger partial charge in [0.05, 0.1) is 0 Å². The maximum absolute atomic E-state index is 12.0. The van der Waals surface area contributed by atoms with Crippen LogP contribution in [0.3, 0.4) is 0 Å². The maximum Gasteiger partial charge on any atom is 0.365 e. The van der Waals surface area contributed by atoms with Crippen molar-refractivity contribution in [2.75, 3.05) is 0 Å². The highest BCUT2D eigenvalue weighted by atomic mass is 19.3. The molecule has 0 unspecified atom stereocenters. The topological polar surface area (TPSA) is 0 Å². The van der Waals surface area contributed by atoms with Crippen LogP contribution in [0.2, 0.25) is 0 Å². The van der Waals surface area contributed by atoms with Gasteiger partial charge in [0.2, 0.25) is 0 Å². The highest BCUT2D eigenvalue weighted by Gasteiger charge is 2.74. The van der Waals surface area contributed by atoms with Gasteiger partial charge in [-0.15, -0.1) is 0 Å². The Hall–Kier alpha value is -0.750. The highest BCUT2D eigenvalue weighted by Crippen LogP contribution is 2.57. The summed E-state index contributed by atoms with van der Waals surface area (Å²) in [5, 5.41) is 0. The fourth-order valence-corrected chi connectivity index (χ4v) is 0.784. The van der Waals surface area contributed by atoms with Crippen LogP contribution in [-0.2, 0) is 0 Å². The molecule has 0 saturated carbocycles. The van der Waals surface area contributed by atoms with Crippen molar-refractivity contribution in [2.24, 2.45) is 0 Å². The zero-order chi connectivity index (χ0) is 9.73. The lowest BCUT2D eigenvalue weighted by Gasteiger charge is -2.36. The van der Waals surface area contributed by atoms with E-state index in [9.17, 15) is 30.7 Å². The summed E-state index contributed by atoms with van der Waals surface area (Å²) in [6, 6.07) is 0. The molecule has 1 aliphatic carbocycles. The minimum Gasteiger partial charge on any atom is -0.205 e. The Bertz CT molecular complexity index is 238. The Labute approximate surface area is 61.7 Å². The molecule has 12 heavy (non-hydrogen) atoms. The second kappa shape index (κ2) is 2.14. The molecular weight excluding hydrogens is 193 g/mol. The quantitative estimate of drug-likeness (QED) is 0.563. The van der Waals surface area contributed by atoms with Crippen LogP contribution in [0.1, 0.15) is 0 Å². The molecule has 0 aliphatic heterocycles. The van der Waals surface area contributed by atoms with E-state index in [0.717, 1.165) is 0 Å². The SMILES string of the molecule is FC1=C(C(F)F)C(F)(F)C1(F)F. The van der Waals surface area contributed by atoms with Gasteiger partial charge >= 0.3 is 11.8 Å². The fraction of sp³-hybridized carbons (Fsp3) is 0.600. The molecule has 0 N–H and O–H groups in total. The van der Waals surface area contributed by atoms with Crippen molar-refractivity contribution in [3.8, 4) is 0 Å². The molecule has 0 heterocycles. The number of rotatable bonds is 1. The van der Waals surface area contributed by atoms with Crippen LogP contribution in [0.5, 0.6) is 0 Å². The average molecular weight is 194 g/mol. The molecule has 1 aliphatic rings. The summed E-state index contributed by atoms with van der Waals surface area (Å²) in [5.41, 5.74) is -2.41. The molecule has 0 aromatic rings. The summed E-state index contributed by atoms with van der Waals surface area (Å²) in [5.74, 6) is -12.8. The lowest BCUT2D eigenvalue weighted by Crippen LogP contribution is -2.54. The molecule has 7 heteroatoms. The molecule has 0 radical (unpaired) electrons. The van der Waals surface area contributed by atoms with Gasteiger partial charge in [0, 0.05) is 0 Å². The standard InChI is InChI=1S/C5HF7/c6-2-1(3(7)8)4(9,10)5(2,11)12/h3H. The lowest BCUT2D eigenvalue weighted by molar-refractivity contribution is -0.214. The van der Waals surface area contributed by atoms with E-state index in [0.29, 0.717) is 0 Å². The van der Waals surface area contributed by atoms with Crippen LogP contribution >= 0.6 is 0 Å². The van der Waals surface area contributed by atoms with Crippen LogP contribution in [0.25, 0.3) is 0 Å². The van der Waals surface area contributed by atoms with Gasteiger partial charge in [-0.1, -0.05) is 0 Å². The smallest absolute Gasteiger partial charge is 0.205 e. The molecule has 0 amide bonds. The predicted molar refractivity (Wildman–Crippen MR) is 24.0 cm³/mol. The molecule has 0 aromatic carbocycles. The largest absolute Gasteiger partial charge is 0.365 e. The second-order valence-corrected chi connectivity index (χ2v) is 2.18. The van der Waals surface area contributed by atoms with E-state index in [4.69, 9.17) is 0 Å². The van der Waals surface area contributed by atoms with E-state index in [1.807, 2.05) is 0 Å². The van der Waals surface area contributed by atoms with Gasteiger partial charge in [-0.2, -0.15) is 17.6 Å². The molecule has 70 valence electrons. The lowest BCUT2D eigenvalue weighted by atomic mass is 9.88. The number of allylic oxidation sites excluding steroid dienone is 2. The van der Waals surface area contributed by atoms with Crippen LogP contribution in [0.4, 0.5) is 30.7 Å². The molecule has 0 spiro atoms. The highest BCUT2D eigenvalue weighted by molar-refractivity contribution is 5.40. The van der Waals surface area contributed by atoms with E-state index < -0.39 is 29.7 Å². The van der Waals surface area contributed by atoms with Crippen LogP contribution in [-0.4, -0.2) is 18.3 Å². The first-order valence-electron chi connectivity index (χ1n) is 2.67. The third kappa shape index (κ3) is 0.789. The maximum atomic E-state index is 12.0. The van der Waals surface area contributed by atoms with E-state index >= 15 is 0 Å². The van der Waals surface area contributed by atoms with Crippen LogP contribution in [0, 0.1) is 0 Å². The van der Waals surface area contributed by atoms with Crippen molar-refractivity contribution >= 4 is 0 Å². The fourth-order valence-electron chi connectivity index (χ4n) is 0.784. The molecular formula is C5HF7. The Morgan fingerprint density at radius 1 is 0.917 bits per heavy atom. The third-order valence-corrected chi connectivity index (χ3v) is 1.46. The summed E-state index contributed by atoms with van der Waals surface area (Å²) < 4.78 is 82.3. The van der Waals surface area contributed by atoms with Crippen molar-refractivity contribution in [1.29, 1.82) is 0 Å². The third-order valence-electron chi connectivity index (χ3n) is 1.46. The number of hydrogen-bond donors (Lipinski definition) is 0. The van der Waals surface area contributed by atoms with Gasteiger partial charge in [0.25, 0.3) is 6.43 Å². The number of hydrogen-bond acceptors (Lipinski definition) is 0. The molecule has 1 rings (SSSR count). The first-order valence-corrected chi connectivity index (χ1v) is 2.67. The van der Waals surface area contributed by atoms with Crippen molar-refractivity contribution in [1.82, 2.24) is 0 Å².